The first kappa shape index (κ1) is 55.4. The van der Waals surface area contributed by atoms with Gasteiger partial charge in [-0.25, -0.2) is 0 Å². The molecular formula is C51H98O6. The van der Waals surface area contributed by atoms with Crippen molar-refractivity contribution in [3.8, 4) is 0 Å². The fraction of sp³-hybridized carbons (Fsp3) is 0.941. The number of hydrogen-bond donors (Lipinski definition) is 0. The molecule has 0 N–H and O–H groups in total. The van der Waals surface area contributed by atoms with Crippen molar-refractivity contribution in [2.45, 2.75) is 297 Å². The minimum absolute atomic E-state index is 0.0622. The van der Waals surface area contributed by atoms with Gasteiger partial charge in [0, 0.05) is 19.3 Å². The molecule has 0 rings (SSSR count). The summed E-state index contributed by atoms with van der Waals surface area (Å²) in [6, 6.07) is 0. The van der Waals surface area contributed by atoms with Crippen molar-refractivity contribution in [1.29, 1.82) is 0 Å². The molecule has 0 aromatic heterocycles. The minimum Gasteiger partial charge on any atom is -0.462 e. The van der Waals surface area contributed by atoms with Gasteiger partial charge in [0.25, 0.3) is 0 Å². The molecule has 0 saturated carbocycles. The van der Waals surface area contributed by atoms with Gasteiger partial charge in [0.05, 0.1) is 0 Å². The van der Waals surface area contributed by atoms with Crippen molar-refractivity contribution in [3.63, 3.8) is 0 Å². The maximum absolute atomic E-state index is 12.8. The Hall–Kier alpha value is -1.59. The van der Waals surface area contributed by atoms with Crippen molar-refractivity contribution in [1.82, 2.24) is 0 Å². The van der Waals surface area contributed by atoms with Crippen LogP contribution < -0.4 is 0 Å². The topological polar surface area (TPSA) is 78.9 Å². The molecule has 0 heterocycles. The number of unbranched alkanes of at least 4 members (excludes halogenated alkanes) is 36. The predicted octanol–water partition coefficient (Wildman–Crippen LogP) is 16.4. The van der Waals surface area contributed by atoms with Crippen molar-refractivity contribution in [2.75, 3.05) is 13.2 Å². The molecule has 0 amide bonds. The predicted molar refractivity (Wildman–Crippen MR) is 243 cm³/mol. The van der Waals surface area contributed by atoms with Gasteiger partial charge in [0.1, 0.15) is 13.2 Å². The SMILES string of the molecule is CCCCCCCCCCCCCCCCCCCCC(=O)O[C@H](COC(=O)CCCCCCCCCCC)COC(=O)CCCCCCCCCCCCCC. The summed E-state index contributed by atoms with van der Waals surface area (Å²) < 4.78 is 16.8. The zero-order chi connectivity index (χ0) is 41.5. The van der Waals surface area contributed by atoms with Crippen LogP contribution in [0.3, 0.4) is 0 Å². The third-order valence-corrected chi connectivity index (χ3v) is 11.6. The highest BCUT2D eigenvalue weighted by Crippen LogP contribution is 2.17. The van der Waals surface area contributed by atoms with E-state index >= 15 is 0 Å². The highest BCUT2D eigenvalue weighted by atomic mass is 16.6. The molecule has 0 fully saturated rings. The molecular weight excluding hydrogens is 709 g/mol. The summed E-state index contributed by atoms with van der Waals surface area (Å²) in [6.07, 6.45) is 49.5. The van der Waals surface area contributed by atoms with Gasteiger partial charge in [-0.3, -0.25) is 14.4 Å². The monoisotopic (exact) mass is 807 g/mol. The summed E-state index contributed by atoms with van der Waals surface area (Å²) in [7, 11) is 0. The van der Waals surface area contributed by atoms with Crippen LogP contribution in [0.25, 0.3) is 0 Å². The minimum atomic E-state index is -0.758. The van der Waals surface area contributed by atoms with E-state index in [-0.39, 0.29) is 31.1 Å². The quantitative estimate of drug-likeness (QED) is 0.0346. The number of esters is 3. The van der Waals surface area contributed by atoms with E-state index in [1.807, 2.05) is 0 Å². The van der Waals surface area contributed by atoms with Crippen molar-refractivity contribution in [3.05, 3.63) is 0 Å². The number of carbonyl (C=O) groups excluding carboxylic acids is 3. The summed E-state index contributed by atoms with van der Waals surface area (Å²) in [6.45, 7) is 6.66. The van der Waals surface area contributed by atoms with E-state index < -0.39 is 6.10 Å². The van der Waals surface area contributed by atoms with Crippen LogP contribution >= 0.6 is 0 Å². The summed E-state index contributed by atoms with van der Waals surface area (Å²) in [4.78, 5) is 37.8. The van der Waals surface area contributed by atoms with Crippen LogP contribution in [0.2, 0.25) is 0 Å². The lowest BCUT2D eigenvalue weighted by Crippen LogP contribution is -2.30. The smallest absolute Gasteiger partial charge is 0.306 e. The molecule has 0 aromatic carbocycles. The van der Waals surface area contributed by atoms with E-state index in [1.165, 1.54) is 193 Å². The lowest BCUT2D eigenvalue weighted by atomic mass is 10.0. The molecule has 6 nitrogen and oxygen atoms in total. The van der Waals surface area contributed by atoms with Gasteiger partial charge >= 0.3 is 17.9 Å². The van der Waals surface area contributed by atoms with Gasteiger partial charge in [0.2, 0.25) is 0 Å². The number of rotatable bonds is 47. The van der Waals surface area contributed by atoms with E-state index in [4.69, 9.17) is 14.2 Å². The molecule has 0 aliphatic rings. The molecule has 0 aromatic rings. The van der Waals surface area contributed by atoms with Gasteiger partial charge in [-0.1, -0.05) is 252 Å². The standard InChI is InChI=1S/C51H98O6/c1-4-7-10-13-16-19-21-23-24-25-26-27-28-30-33-36-39-42-45-51(54)57-48(46-55-49(52)43-40-37-34-31-18-15-12-9-6-3)47-56-50(53)44-41-38-35-32-29-22-20-17-14-11-8-5-2/h48H,4-47H2,1-3H3/t48-/m1/s1. The van der Waals surface area contributed by atoms with Crippen LogP contribution in [0.4, 0.5) is 0 Å². The van der Waals surface area contributed by atoms with E-state index in [0.717, 1.165) is 57.8 Å². The largest absolute Gasteiger partial charge is 0.462 e. The Morgan fingerprint density at radius 2 is 0.474 bits per heavy atom. The Labute approximate surface area is 355 Å². The number of hydrogen-bond acceptors (Lipinski definition) is 6. The van der Waals surface area contributed by atoms with E-state index in [0.29, 0.717) is 19.3 Å². The van der Waals surface area contributed by atoms with Crippen molar-refractivity contribution >= 4 is 17.9 Å². The second kappa shape index (κ2) is 47.1. The van der Waals surface area contributed by atoms with Crippen LogP contribution in [0.15, 0.2) is 0 Å². The highest BCUT2D eigenvalue weighted by Gasteiger charge is 2.19. The van der Waals surface area contributed by atoms with Gasteiger partial charge in [-0.2, -0.15) is 0 Å². The first-order chi connectivity index (χ1) is 28.0. The molecule has 0 spiro atoms. The second-order valence-electron chi connectivity index (χ2n) is 17.5. The lowest BCUT2D eigenvalue weighted by molar-refractivity contribution is -0.167. The molecule has 0 aliphatic carbocycles. The fourth-order valence-corrected chi connectivity index (χ4v) is 7.74. The summed E-state index contributed by atoms with van der Waals surface area (Å²) >= 11 is 0. The maximum Gasteiger partial charge on any atom is 0.306 e. The Morgan fingerprint density at radius 1 is 0.281 bits per heavy atom. The van der Waals surface area contributed by atoms with E-state index in [1.54, 1.807) is 0 Å². The normalized spacial score (nSPS) is 11.8. The fourth-order valence-electron chi connectivity index (χ4n) is 7.74. The van der Waals surface area contributed by atoms with Crippen LogP contribution in [-0.2, 0) is 28.6 Å². The highest BCUT2D eigenvalue weighted by molar-refractivity contribution is 5.71. The molecule has 0 aliphatic heterocycles. The zero-order valence-electron chi connectivity index (χ0n) is 38.6. The molecule has 0 saturated heterocycles. The maximum atomic E-state index is 12.8. The van der Waals surface area contributed by atoms with Crippen LogP contribution in [-0.4, -0.2) is 37.2 Å². The van der Waals surface area contributed by atoms with E-state index in [2.05, 4.69) is 20.8 Å². The second-order valence-corrected chi connectivity index (χ2v) is 17.5. The van der Waals surface area contributed by atoms with Crippen LogP contribution in [0.5, 0.6) is 0 Å². The van der Waals surface area contributed by atoms with E-state index in [9.17, 15) is 14.4 Å². The Kier molecular flexibility index (Phi) is 45.8. The lowest BCUT2D eigenvalue weighted by Gasteiger charge is -2.18. The first-order valence-corrected chi connectivity index (χ1v) is 25.5. The molecule has 6 heteroatoms. The molecule has 1 atom stereocenters. The molecule has 0 unspecified atom stereocenters. The Bertz CT molecular complexity index is 844. The average molecular weight is 807 g/mol. The van der Waals surface area contributed by atoms with Crippen LogP contribution in [0, 0.1) is 0 Å². The Balaban J connectivity index is 4.24. The van der Waals surface area contributed by atoms with Crippen molar-refractivity contribution < 1.29 is 28.6 Å². The molecule has 0 radical (unpaired) electrons. The molecule has 0 bridgehead atoms. The van der Waals surface area contributed by atoms with Gasteiger partial charge < -0.3 is 14.2 Å². The number of carbonyl (C=O) groups is 3. The van der Waals surface area contributed by atoms with Gasteiger partial charge in [0.15, 0.2) is 6.10 Å². The van der Waals surface area contributed by atoms with Gasteiger partial charge in [-0.05, 0) is 19.3 Å². The third-order valence-electron chi connectivity index (χ3n) is 11.6. The molecule has 57 heavy (non-hydrogen) atoms. The van der Waals surface area contributed by atoms with Crippen molar-refractivity contribution in [2.24, 2.45) is 0 Å². The van der Waals surface area contributed by atoms with Crippen LogP contribution in [0.1, 0.15) is 290 Å². The average Bonchev–Trinajstić information content (AvgIpc) is 3.21. The van der Waals surface area contributed by atoms with Gasteiger partial charge in [-0.15, -0.1) is 0 Å². The summed E-state index contributed by atoms with van der Waals surface area (Å²) in [5, 5.41) is 0. The Morgan fingerprint density at radius 3 is 0.702 bits per heavy atom. The first-order valence-electron chi connectivity index (χ1n) is 25.5. The third kappa shape index (κ3) is 45.3. The summed E-state index contributed by atoms with van der Waals surface area (Å²) in [5.41, 5.74) is 0. The zero-order valence-corrected chi connectivity index (χ0v) is 38.6. The number of ether oxygens (including phenoxy) is 3. The molecule has 338 valence electrons. The summed E-state index contributed by atoms with van der Waals surface area (Å²) in [5.74, 6) is -0.846.